The average molecular weight is 435 g/mol. The molecule has 3 rings (SSSR count). The van der Waals surface area contributed by atoms with E-state index >= 15 is 0 Å². The van der Waals surface area contributed by atoms with Crippen LogP contribution in [0.25, 0.3) is 0 Å². The number of benzene rings is 2. The van der Waals surface area contributed by atoms with Gasteiger partial charge in [0, 0.05) is 43.9 Å². The molecule has 0 saturated carbocycles. The second kappa shape index (κ2) is 11.2. The van der Waals surface area contributed by atoms with Crippen LogP contribution in [0.2, 0.25) is 0 Å². The van der Waals surface area contributed by atoms with E-state index in [0.29, 0.717) is 18.9 Å². The van der Waals surface area contributed by atoms with Crippen molar-refractivity contribution in [1.29, 1.82) is 0 Å². The second-order valence-corrected chi connectivity index (χ2v) is 9.42. The van der Waals surface area contributed by atoms with E-state index in [4.69, 9.17) is 4.99 Å². The molecule has 2 N–H and O–H groups in total. The summed E-state index contributed by atoms with van der Waals surface area (Å²) in [7, 11) is 0. The maximum absolute atomic E-state index is 12.5. The topological polar surface area (TPSA) is 56.7 Å². The summed E-state index contributed by atoms with van der Waals surface area (Å²) in [5.74, 6) is 1.39. The van der Waals surface area contributed by atoms with Gasteiger partial charge in [-0.3, -0.25) is 9.79 Å². The molecule has 1 atom stereocenters. The molecule has 32 heavy (non-hydrogen) atoms. The van der Waals surface area contributed by atoms with Crippen LogP contribution in [0.15, 0.2) is 59.6 Å². The van der Waals surface area contributed by atoms with Gasteiger partial charge in [0.2, 0.25) is 5.91 Å². The third-order valence-corrected chi connectivity index (χ3v) is 6.22. The van der Waals surface area contributed by atoms with Gasteiger partial charge in [-0.1, -0.05) is 68.4 Å². The number of nitrogens with zero attached hydrogens (tertiary/aromatic N) is 2. The monoisotopic (exact) mass is 434 g/mol. The van der Waals surface area contributed by atoms with Crippen molar-refractivity contribution in [3.8, 4) is 0 Å². The van der Waals surface area contributed by atoms with Crippen LogP contribution in [0, 0.1) is 12.8 Å². The Bertz CT molecular complexity index is 907. The number of guanidine groups is 1. The standard InChI is InChI=1S/C27H38N4O/c1-5-28-26(30-20-27(3,4)24-14-10-9-11-21(24)2)29-18-23-17-25(32)31(19-23)16-15-22-12-7-6-8-13-22/h6-14,23H,5,15-20H2,1-4H3,(H2,28,29,30). The van der Waals surface area contributed by atoms with E-state index in [2.05, 4.69) is 86.9 Å². The Morgan fingerprint density at radius 1 is 1.09 bits per heavy atom. The van der Waals surface area contributed by atoms with Gasteiger partial charge in [0.25, 0.3) is 0 Å². The second-order valence-electron chi connectivity index (χ2n) is 9.42. The molecule has 0 spiro atoms. The number of carbonyl (C=O) groups excluding carboxylic acids is 1. The van der Waals surface area contributed by atoms with Crippen molar-refractivity contribution < 1.29 is 4.79 Å². The number of hydrogen-bond acceptors (Lipinski definition) is 2. The van der Waals surface area contributed by atoms with Gasteiger partial charge in [0.05, 0.1) is 6.54 Å². The van der Waals surface area contributed by atoms with Crippen LogP contribution in [0.1, 0.15) is 43.9 Å². The molecule has 5 nitrogen and oxygen atoms in total. The summed E-state index contributed by atoms with van der Waals surface area (Å²) < 4.78 is 0. The molecule has 0 aromatic heterocycles. The highest BCUT2D eigenvalue weighted by atomic mass is 16.2. The lowest BCUT2D eigenvalue weighted by molar-refractivity contribution is -0.127. The highest BCUT2D eigenvalue weighted by molar-refractivity contribution is 5.81. The van der Waals surface area contributed by atoms with E-state index in [0.717, 1.165) is 38.6 Å². The summed E-state index contributed by atoms with van der Waals surface area (Å²) in [6, 6.07) is 18.9. The molecule has 1 unspecified atom stereocenters. The summed E-state index contributed by atoms with van der Waals surface area (Å²) in [5.41, 5.74) is 3.85. The number of carbonyl (C=O) groups is 1. The summed E-state index contributed by atoms with van der Waals surface area (Å²) in [5, 5.41) is 6.83. The minimum absolute atomic E-state index is 0.0503. The van der Waals surface area contributed by atoms with Gasteiger partial charge in [-0.05, 0) is 37.0 Å². The third kappa shape index (κ3) is 6.59. The normalized spacial score (nSPS) is 17.0. The number of nitrogens with one attached hydrogen (secondary N) is 2. The fourth-order valence-electron chi connectivity index (χ4n) is 4.39. The smallest absolute Gasteiger partial charge is 0.223 e. The Morgan fingerprint density at radius 3 is 2.53 bits per heavy atom. The van der Waals surface area contributed by atoms with Crippen molar-refractivity contribution >= 4 is 11.9 Å². The van der Waals surface area contributed by atoms with Gasteiger partial charge in [-0.2, -0.15) is 0 Å². The number of hydrogen-bond donors (Lipinski definition) is 2. The van der Waals surface area contributed by atoms with Crippen molar-refractivity contribution in [3.63, 3.8) is 0 Å². The van der Waals surface area contributed by atoms with Gasteiger partial charge in [0.15, 0.2) is 5.96 Å². The fourth-order valence-corrected chi connectivity index (χ4v) is 4.39. The molecular weight excluding hydrogens is 396 g/mol. The molecule has 0 aliphatic carbocycles. The van der Waals surface area contributed by atoms with E-state index < -0.39 is 0 Å². The van der Waals surface area contributed by atoms with Gasteiger partial charge < -0.3 is 15.5 Å². The molecule has 1 aliphatic rings. The number of aryl methyl sites for hydroxylation is 1. The SMILES string of the molecule is CCNC(=NCC(C)(C)c1ccccc1C)NCC1CC(=O)N(CCc2ccccc2)C1. The van der Waals surface area contributed by atoms with E-state index in [9.17, 15) is 4.79 Å². The molecule has 1 fully saturated rings. The summed E-state index contributed by atoms with van der Waals surface area (Å²) in [4.78, 5) is 19.4. The largest absolute Gasteiger partial charge is 0.357 e. The first kappa shape index (κ1) is 23.8. The quantitative estimate of drug-likeness (QED) is 0.465. The number of aliphatic imine (C=N–C) groups is 1. The molecule has 1 amide bonds. The molecule has 0 radical (unpaired) electrons. The Morgan fingerprint density at radius 2 is 1.81 bits per heavy atom. The fraction of sp³-hybridized carbons (Fsp3) is 0.481. The van der Waals surface area contributed by atoms with E-state index in [-0.39, 0.29) is 11.3 Å². The molecule has 2 aromatic rings. The number of amides is 1. The molecule has 1 heterocycles. The number of likely N-dealkylation sites (tertiary alicyclic amines) is 1. The highest BCUT2D eigenvalue weighted by Crippen LogP contribution is 2.26. The molecule has 1 saturated heterocycles. The lowest BCUT2D eigenvalue weighted by atomic mass is 9.82. The number of rotatable bonds is 9. The lowest BCUT2D eigenvalue weighted by Gasteiger charge is -2.26. The zero-order valence-corrected chi connectivity index (χ0v) is 20.0. The van der Waals surface area contributed by atoms with Crippen molar-refractivity contribution in [1.82, 2.24) is 15.5 Å². The van der Waals surface area contributed by atoms with Crippen molar-refractivity contribution in [2.45, 2.75) is 46.0 Å². The Balaban J connectivity index is 1.53. The predicted molar refractivity (Wildman–Crippen MR) is 133 cm³/mol. The van der Waals surface area contributed by atoms with Gasteiger partial charge in [0.1, 0.15) is 0 Å². The molecule has 2 aromatic carbocycles. The molecule has 172 valence electrons. The van der Waals surface area contributed by atoms with Crippen LogP contribution in [0.4, 0.5) is 0 Å². The lowest BCUT2D eigenvalue weighted by Crippen LogP contribution is -2.41. The highest BCUT2D eigenvalue weighted by Gasteiger charge is 2.29. The van der Waals surface area contributed by atoms with Crippen molar-refractivity contribution in [2.24, 2.45) is 10.9 Å². The van der Waals surface area contributed by atoms with Crippen LogP contribution in [0.5, 0.6) is 0 Å². The summed E-state index contributed by atoms with van der Waals surface area (Å²) in [6.07, 6.45) is 1.51. The zero-order chi connectivity index (χ0) is 23.0. The Labute approximate surface area is 193 Å². The first-order valence-corrected chi connectivity index (χ1v) is 11.8. The molecular formula is C27H38N4O. The van der Waals surface area contributed by atoms with Crippen LogP contribution < -0.4 is 10.6 Å². The van der Waals surface area contributed by atoms with Crippen molar-refractivity contribution in [3.05, 3.63) is 71.3 Å². The minimum Gasteiger partial charge on any atom is -0.357 e. The molecule has 5 heteroatoms. The van der Waals surface area contributed by atoms with Crippen LogP contribution in [0.3, 0.4) is 0 Å². The average Bonchev–Trinajstić information content (AvgIpc) is 3.14. The van der Waals surface area contributed by atoms with E-state index in [1.165, 1.54) is 16.7 Å². The van der Waals surface area contributed by atoms with Crippen LogP contribution in [-0.4, -0.2) is 49.5 Å². The predicted octanol–water partition coefficient (Wildman–Crippen LogP) is 3.92. The maximum Gasteiger partial charge on any atom is 0.223 e. The molecule has 1 aliphatic heterocycles. The van der Waals surface area contributed by atoms with Crippen LogP contribution >= 0.6 is 0 Å². The summed E-state index contributed by atoms with van der Waals surface area (Å²) in [6.45, 7) is 12.6. The van der Waals surface area contributed by atoms with Gasteiger partial charge >= 0.3 is 0 Å². The maximum atomic E-state index is 12.5. The molecule has 0 bridgehead atoms. The van der Waals surface area contributed by atoms with E-state index in [1.807, 2.05) is 11.0 Å². The minimum atomic E-state index is -0.0503. The van der Waals surface area contributed by atoms with Crippen LogP contribution in [-0.2, 0) is 16.6 Å². The Hall–Kier alpha value is -2.82. The van der Waals surface area contributed by atoms with Gasteiger partial charge in [-0.15, -0.1) is 0 Å². The van der Waals surface area contributed by atoms with Gasteiger partial charge in [-0.25, -0.2) is 0 Å². The Kier molecular flexibility index (Phi) is 8.32. The summed E-state index contributed by atoms with van der Waals surface area (Å²) >= 11 is 0. The first-order valence-electron chi connectivity index (χ1n) is 11.8. The third-order valence-electron chi connectivity index (χ3n) is 6.22. The first-order chi connectivity index (χ1) is 15.4. The van der Waals surface area contributed by atoms with Crippen molar-refractivity contribution in [2.75, 3.05) is 32.7 Å². The zero-order valence-electron chi connectivity index (χ0n) is 20.0. The van der Waals surface area contributed by atoms with E-state index in [1.54, 1.807) is 0 Å².